The Morgan fingerprint density at radius 1 is 0.955 bits per heavy atom. The Morgan fingerprint density at radius 3 is 1.41 bits per heavy atom. The van der Waals surface area contributed by atoms with Gasteiger partial charge in [0.05, 0.1) is 0 Å². The van der Waals surface area contributed by atoms with Crippen molar-refractivity contribution in [2.24, 2.45) is 0 Å². The lowest BCUT2D eigenvalue weighted by Crippen LogP contribution is -2.08. The van der Waals surface area contributed by atoms with Crippen molar-refractivity contribution >= 4 is 11.8 Å². The minimum atomic E-state index is -0.493. The molecule has 0 bridgehead atoms. The average Bonchev–Trinajstić information content (AvgIpc) is 2.22. The monoisotopic (exact) mass is 322 g/mol. The van der Waals surface area contributed by atoms with Crippen LogP contribution in [-0.4, -0.2) is 52.0 Å². The number of hydrogen-bond acceptors (Lipinski definition) is 6. The molecule has 0 saturated carbocycles. The minimum Gasteiger partial charge on any atom is -0.461 e. The van der Waals surface area contributed by atoms with Gasteiger partial charge in [-0.1, -0.05) is 12.7 Å². The predicted octanol–water partition coefficient (Wildman–Crippen LogP) is 1.86. The van der Waals surface area contributed by atoms with Gasteiger partial charge < -0.3 is 20.1 Å². The lowest BCUT2D eigenvalue weighted by molar-refractivity contribution is -0.144. The van der Waals surface area contributed by atoms with Crippen molar-refractivity contribution in [2.75, 3.05) is 6.61 Å². The second kappa shape index (κ2) is 22.0. The van der Waals surface area contributed by atoms with Crippen LogP contribution in [-0.2, 0) is 14.3 Å². The summed E-state index contributed by atoms with van der Waals surface area (Å²) in [5, 5.41) is 24.2. The Hall–Kier alpha value is -1.24. The van der Waals surface area contributed by atoms with Crippen molar-refractivity contribution in [2.45, 2.75) is 73.2 Å². The number of esters is 1. The maximum Gasteiger partial charge on any atom is 0.313 e. The molecule has 134 valence electrons. The number of carbonyl (C=O) groups excluding carboxylic acids is 2. The standard InChI is InChI=1S/C7H10O3.3C3H8O/c1-3-4-10-7(9)5-6(2)8;3*1-3(2)4/h3H,1,4-5H2,2H3;3*3-4H,1-2H3. The first-order chi connectivity index (χ1) is 9.86. The molecule has 0 atom stereocenters. The van der Waals surface area contributed by atoms with Crippen LogP contribution in [0.25, 0.3) is 0 Å². The van der Waals surface area contributed by atoms with E-state index in [1.54, 1.807) is 41.5 Å². The van der Waals surface area contributed by atoms with E-state index in [0.29, 0.717) is 0 Å². The Balaban J connectivity index is -0.000000112. The molecule has 0 radical (unpaired) electrons. The van der Waals surface area contributed by atoms with Gasteiger partial charge in [-0.05, 0) is 48.5 Å². The van der Waals surface area contributed by atoms with Crippen molar-refractivity contribution in [3.05, 3.63) is 12.7 Å². The van der Waals surface area contributed by atoms with Crippen LogP contribution in [0.4, 0.5) is 0 Å². The molecule has 0 saturated heterocycles. The predicted molar refractivity (Wildman–Crippen MR) is 88.5 cm³/mol. The van der Waals surface area contributed by atoms with Gasteiger partial charge in [0.15, 0.2) is 0 Å². The molecule has 0 aliphatic carbocycles. The van der Waals surface area contributed by atoms with E-state index in [0.717, 1.165) is 0 Å². The van der Waals surface area contributed by atoms with Crippen LogP contribution in [0, 0.1) is 0 Å². The fourth-order valence-corrected chi connectivity index (χ4v) is 0.406. The largest absolute Gasteiger partial charge is 0.461 e. The molecule has 0 aromatic heterocycles. The van der Waals surface area contributed by atoms with E-state index < -0.39 is 5.97 Å². The van der Waals surface area contributed by atoms with E-state index >= 15 is 0 Å². The molecule has 0 unspecified atom stereocenters. The highest BCUT2D eigenvalue weighted by Crippen LogP contribution is 1.87. The van der Waals surface area contributed by atoms with Gasteiger partial charge in [0, 0.05) is 18.3 Å². The first-order valence-corrected chi connectivity index (χ1v) is 7.16. The van der Waals surface area contributed by atoms with Crippen LogP contribution < -0.4 is 0 Å². The second-order valence-electron chi connectivity index (χ2n) is 5.13. The zero-order valence-corrected chi connectivity index (χ0v) is 15.0. The second-order valence-corrected chi connectivity index (χ2v) is 5.13. The Kier molecular flexibility index (Phi) is 28.9. The van der Waals surface area contributed by atoms with Gasteiger partial charge in [0.1, 0.15) is 18.8 Å². The molecule has 0 rings (SSSR count). The maximum absolute atomic E-state index is 10.5. The Bertz CT molecular complexity index is 237. The summed E-state index contributed by atoms with van der Waals surface area (Å²) >= 11 is 0. The van der Waals surface area contributed by atoms with Crippen molar-refractivity contribution in [1.29, 1.82) is 0 Å². The van der Waals surface area contributed by atoms with Crippen molar-refractivity contribution in [1.82, 2.24) is 0 Å². The molecule has 0 amide bonds. The first-order valence-electron chi connectivity index (χ1n) is 7.16. The number of ketones is 1. The summed E-state index contributed by atoms with van der Waals surface area (Å²) in [7, 11) is 0. The molecule has 0 aromatic carbocycles. The van der Waals surface area contributed by atoms with E-state index in [2.05, 4.69) is 11.3 Å². The molecule has 0 fully saturated rings. The zero-order valence-electron chi connectivity index (χ0n) is 15.0. The lowest BCUT2D eigenvalue weighted by atomic mass is 10.3. The molecular formula is C16H34O6. The molecule has 0 aliphatic heterocycles. The SMILES string of the molecule is C=CCOC(=O)CC(C)=O.CC(C)O.CC(C)O.CC(C)O. The molecular weight excluding hydrogens is 288 g/mol. The third-order valence-corrected chi connectivity index (χ3v) is 0.755. The van der Waals surface area contributed by atoms with Gasteiger partial charge >= 0.3 is 5.97 Å². The van der Waals surface area contributed by atoms with Gasteiger partial charge in [-0.2, -0.15) is 0 Å². The molecule has 0 aliphatic rings. The fourth-order valence-electron chi connectivity index (χ4n) is 0.406. The van der Waals surface area contributed by atoms with Crippen LogP contribution in [0.1, 0.15) is 54.9 Å². The first kappa shape index (κ1) is 28.9. The molecule has 6 heteroatoms. The Labute approximate surface area is 134 Å². The van der Waals surface area contributed by atoms with Crippen LogP contribution in [0.3, 0.4) is 0 Å². The van der Waals surface area contributed by atoms with Crippen LogP contribution in [0.15, 0.2) is 12.7 Å². The highest BCUT2D eigenvalue weighted by atomic mass is 16.5. The topological polar surface area (TPSA) is 104 Å². The number of carbonyl (C=O) groups is 2. The van der Waals surface area contributed by atoms with Crippen LogP contribution in [0.5, 0.6) is 0 Å². The normalized spacial score (nSPS) is 8.77. The molecule has 0 spiro atoms. The zero-order chi connectivity index (χ0) is 18.7. The third-order valence-electron chi connectivity index (χ3n) is 0.755. The highest BCUT2D eigenvalue weighted by Gasteiger charge is 2.03. The summed E-state index contributed by atoms with van der Waals surface area (Å²) in [6, 6.07) is 0. The fraction of sp³-hybridized carbons (Fsp3) is 0.750. The number of rotatable bonds is 4. The lowest BCUT2D eigenvalue weighted by Gasteiger charge is -1.96. The molecule has 0 heterocycles. The van der Waals surface area contributed by atoms with Gasteiger partial charge in [-0.25, -0.2) is 0 Å². The van der Waals surface area contributed by atoms with Crippen molar-refractivity contribution in [3.8, 4) is 0 Å². The molecule has 0 aromatic rings. The maximum atomic E-state index is 10.5. The van der Waals surface area contributed by atoms with E-state index in [9.17, 15) is 9.59 Å². The van der Waals surface area contributed by atoms with E-state index in [1.807, 2.05) is 0 Å². The minimum absolute atomic E-state index is 0.145. The smallest absolute Gasteiger partial charge is 0.313 e. The van der Waals surface area contributed by atoms with Gasteiger partial charge in [-0.3, -0.25) is 9.59 Å². The number of hydrogen-bond donors (Lipinski definition) is 3. The highest BCUT2D eigenvalue weighted by molar-refractivity contribution is 5.94. The summed E-state index contributed by atoms with van der Waals surface area (Å²) in [6.07, 6.45) is 0.811. The van der Waals surface area contributed by atoms with Gasteiger partial charge in [0.25, 0.3) is 0 Å². The van der Waals surface area contributed by atoms with Crippen molar-refractivity contribution < 1.29 is 29.6 Å². The number of ether oxygens (including phenoxy) is 1. The van der Waals surface area contributed by atoms with Gasteiger partial charge in [-0.15, -0.1) is 0 Å². The van der Waals surface area contributed by atoms with Crippen molar-refractivity contribution in [3.63, 3.8) is 0 Å². The summed E-state index contributed by atoms with van der Waals surface area (Å²) in [4.78, 5) is 20.8. The number of aliphatic hydroxyl groups is 3. The van der Waals surface area contributed by atoms with Crippen LogP contribution >= 0.6 is 0 Å². The van der Waals surface area contributed by atoms with Crippen LogP contribution in [0.2, 0.25) is 0 Å². The van der Waals surface area contributed by atoms with E-state index in [1.165, 1.54) is 13.0 Å². The summed E-state index contributed by atoms with van der Waals surface area (Å²) < 4.78 is 4.52. The Morgan fingerprint density at radius 2 is 1.23 bits per heavy atom. The third kappa shape index (κ3) is 129. The van der Waals surface area contributed by atoms with Gasteiger partial charge in [0.2, 0.25) is 0 Å². The average molecular weight is 322 g/mol. The summed E-state index contributed by atoms with van der Waals surface area (Å²) in [6.45, 7) is 15.2. The summed E-state index contributed by atoms with van der Waals surface area (Å²) in [5.74, 6) is -0.679. The molecule has 6 nitrogen and oxygen atoms in total. The summed E-state index contributed by atoms with van der Waals surface area (Å²) in [5.41, 5.74) is 0. The molecule has 3 N–H and O–H groups in total. The van der Waals surface area contributed by atoms with E-state index in [-0.39, 0.29) is 37.1 Å². The molecule has 22 heavy (non-hydrogen) atoms. The quantitative estimate of drug-likeness (QED) is 0.414. The number of Topliss-reactive ketones (excluding diaryl/α,β-unsaturated/α-hetero) is 1. The van der Waals surface area contributed by atoms with E-state index in [4.69, 9.17) is 15.3 Å². The number of aliphatic hydroxyl groups excluding tert-OH is 3.